The van der Waals surface area contributed by atoms with Crippen molar-refractivity contribution in [1.29, 1.82) is 0 Å². The summed E-state index contributed by atoms with van der Waals surface area (Å²) in [6.07, 6.45) is 2.31. The number of carbonyl (C=O) groups is 2. The van der Waals surface area contributed by atoms with Gasteiger partial charge in [-0.05, 0) is 60.2 Å². The molecular weight excluding hydrogens is 426 g/mol. The Kier molecular flexibility index (Phi) is 5.39. The second kappa shape index (κ2) is 7.98. The maximum atomic E-state index is 13.7. The van der Waals surface area contributed by atoms with E-state index in [1.165, 1.54) is 0 Å². The van der Waals surface area contributed by atoms with Crippen LogP contribution in [0.3, 0.4) is 0 Å². The maximum Gasteiger partial charge on any atom is 0.235 e. The molecule has 6 heteroatoms. The van der Waals surface area contributed by atoms with Gasteiger partial charge in [-0.3, -0.25) is 9.59 Å². The first-order valence-corrected chi connectivity index (χ1v) is 11.7. The highest BCUT2D eigenvalue weighted by atomic mass is 35.5. The van der Waals surface area contributed by atoms with Gasteiger partial charge < -0.3 is 14.8 Å². The molecule has 2 heterocycles. The fourth-order valence-corrected chi connectivity index (χ4v) is 5.34. The monoisotopic (exact) mass is 453 g/mol. The van der Waals surface area contributed by atoms with Crippen molar-refractivity contribution in [1.82, 2.24) is 5.32 Å². The van der Waals surface area contributed by atoms with Gasteiger partial charge in [0.15, 0.2) is 11.6 Å². The molecule has 1 N–H and O–H groups in total. The molecule has 3 aliphatic rings. The van der Waals surface area contributed by atoms with E-state index in [0.29, 0.717) is 49.8 Å². The molecule has 2 aromatic rings. The molecule has 1 unspecified atom stereocenters. The lowest BCUT2D eigenvalue weighted by atomic mass is 9.74. The predicted octanol–water partition coefficient (Wildman–Crippen LogP) is 4.79. The quantitative estimate of drug-likeness (QED) is 0.664. The summed E-state index contributed by atoms with van der Waals surface area (Å²) in [7, 11) is 0. The fraction of sp³-hybridized carbons (Fsp3) is 0.462. The smallest absolute Gasteiger partial charge is 0.235 e. The second-order valence-corrected chi connectivity index (χ2v) is 10.0. The van der Waals surface area contributed by atoms with Crippen molar-refractivity contribution in [3.8, 4) is 11.1 Å². The number of amides is 1. The van der Waals surface area contributed by atoms with Gasteiger partial charge in [-0.1, -0.05) is 42.8 Å². The number of carbonyl (C=O) groups excluding carboxylic acids is 2. The molecule has 2 spiro atoms. The van der Waals surface area contributed by atoms with E-state index >= 15 is 0 Å². The van der Waals surface area contributed by atoms with Crippen molar-refractivity contribution in [3.63, 3.8) is 0 Å². The molecule has 1 saturated carbocycles. The normalized spacial score (nSPS) is 32.5. The Morgan fingerprint density at radius 3 is 2.22 bits per heavy atom. The van der Waals surface area contributed by atoms with Gasteiger partial charge in [-0.25, -0.2) is 0 Å². The average molecular weight is 454 g/mol. The number of rotatable bonds is 2. The zero-order valence-corrected chi connectivity index (χ0v) is 19.2. The van der Waals surface area contributed by atoms with Gasteiger partial charge in [0.2, 0.25) is 5.91 Å². The zero-order valence-electron chi connectivity index (χ0n) is 18.4. The largest absolute Gasteiger partial charge is 0.350 e. The Morgan fingerprint density at radius 2 is 1.56 bits per heavy atom. The van der Waals surface area contributed by atoms with E-state index in [4.69, 9.17) is 21.1 Å². The van der Waals surface area contributed by atoms with Gasteiger partial charge in [0.05, 0.1) is 13.2 Å². The van der Waals surface area contributed by atoms with E-state index in [2.05, 4.69) is 12.2 Å². The topological polar surface area (TPSA) is 64.6 Å². The maximum absolute atomic E-state index is 13.7. The summed E-state index contributed by atoms with van der Waals surface area (Å²) in [5.41, 5.74) is 2.84. The molecule has 5 nitrogen and oxygen atoms in total. The highest BCUT2D eigenvalue weighted by Gasteiger charge is 2.57. The molecule has 2 saturated heterocycles. The minimum Gasteiger partial charge on any atom is -0.350 e. The van der Waals surface area contributed by atoms with Crippen molar-refractivity contribution in [2.45, 2.75) is 56.8 Å². The van der Waals surface area contributed by atoms with Crippen molar-refractivity contribution >= 4 is 23.3 Å². The first-order valence-electron chi connectivity index (χ1n) is 11.3. The Bertz CT molecular complexity index is 1050. The summed E-state index contributed by atoms with van der Waals surface area (Å²) in [5.74, 6) is -1.25. The van der Waals surface area contributed by atoms with Crippen LogP contribution in [0.1, 0.15) is 49.7 Å². The molecule has 1 atom stereocenters. The van der Waals surface area contributed by atoms with E-state index < -0.39 is 17.2 Å². The molecule has 3 fully saturated rings. The van der Waals surface area contributed by atoms with Crippen LogP contribution in [0.15, 0.2) is 42.5 Å². The van der Waals surface area contributed by atoms with Crippen LogP contribution in [0.4, 0.5) is 0 Å². The predicted molar refractivity (Wildman–Crippen MR) is 123 cm³/mol. The van der Waals surface area contributed by atoms with Crippen LogP contribution in [0.2, 0.25) is 5.02 Å². The van der Waals surface area contributed by atoms with Crippen LogP contribution in [0.25, 0.3) is 11.1 Å². The lowest BCUT2D eigenvalue weighted by molar-refractivity contribution is -0.296. The van der Waals surface area contributed by atoms with Crippen LogP contribution in [0.5, 0.6) is 0 Å². The molecule has 168 valence electrons. The standard InChI is InChI=1S/C26H28ClNO4/c1-16-14-31-26(32-15-16)11-9-25(10-12-26)23(29)22(24(30)28-25)21-13-19(4-3-17(21)2)18-5-7-20(27)8-6-18/h3-8,13,16,22H,9-12,14-15H2,1-2H3,(H,28,30). The number of hydrogen-bond donors (Lipinski definition) is 1. The number of nitrogens with one attached hydrogen (secondary N) is 1. The molecule has 0 bridgehead atoms. The summed E-state index contributed by atoms with van der Waals surface area (Å²) in [6.45, 7) is 5.40. The third-order valence-corrected chi connectivity index (χ3v) is 7.51. The van der Waals surface area contributed by atoms with Crippen LogP contribution < -0.4 is 5.32 Å². The number of ketones is 1. The Morgan fingerprint density at radius 1 is 0.938 bits per heavy atom. The summed E-state index contributed by atoms with van der Waals surface area (Å²) >= 11 is 6.03. The SMILES string of the molecule is Cc1ccc(-c2ccc(Cl)cc2)cc1C1C(=O)NC2(CCC3(CC2)OCC(C)CO3)C1=O. The molecule has 2 aromatic carbocycles. The first-order chi connectivity index (χ1) is 15.3. The third-order valence-electron chi connectivity index (χ3n) is 7.25. The fourth-order valence-electron chi connectivity index (χ4n) is 5.22. The molecule has 1 aliphatic carbocycles. The minimum atomic E-state index is -0.828. The Hall–Kier alpha value is -2.21. The number of Topliss-reactive ketones (excluding diaryl/α,β-unsaturated/α-hetero) is 1. The van der Waals surface area contributed by atoms with Crippen LogP contribution in [-0.4, -0.2) is 36.2 Å². The number of hydrogen-bond acceptors (Lipinski definition) is 4. The number of ether oxygens (including phenoxy) is 2. The van der Waals surface area contributed by atoms with Crippen molar-refractivity contribution in [2.75, 3.05) is 13.2 Å². The molecule has 5 rings (SSSR count). The van der Waals surface area contributed by atoms with Crippen LogP contribution in [0, 0.1) is 12.8 Å². The molecular formula is C26H28ClNO4. The molecule has 0 radical (unpaired) electrons. The highest BCUT2D eigenvalue weighted by Crippen LogP contribution is 2.46. The molecule has 1 amide bonds. The van der Waals surface area contributed by atoms with Crippen LogP contribution in [-0.2, 0) is 19.1 Å². The summed E-state index contributed by atoms with van der Waals surface area (Å²) in [4.78, 5) is 26.8. The number of aryl methyl sites for hydroxylation is 1. The average Bonchev–Trinajstić information content (AvgIpc) is 3.03. The molecule has 0 aromatic heterocycles. The van der Waals surface area contributed by atoms with E-state index in [1.807, 2.05) is 49.4 Å². The molecule has 2 aliphatic heterocycles. The molecule has 32 heavy (non-hydrogen) atoms. The minimum absolute atomic E-state index is 0.0297. The second-order valence-electron chi connectivity index (χ2n) is 9.58. The van der Waals surface area contributed by atoms with Gasteiger partial charge in [-0.2, -0.15) is 0 Å². The summed E-state index contributed by atoms with van der Waals surface area (Å²) in [5, 5.41) is 3.75. The van der Waals surface area contributed by atoms with Gasteiger partial charge in [0.1, 0.15) is 11.5 Å². The van der Waals surface area contributed by atoms with Gasteiger partial charge in [-0.15, -0.1) is 0 Å². The van der Waals surface area contributed by atoms with Crippen molar-refractivity contribution in [3.05, 3.63) is 58.6 Å². The summed E-state index contributed by atoms with van der Waals surface area (Å²) < 4.78 is 12.1. The van der Waals surface area contributed by atoms with Gasteiger partial charge in [0.25, 0.3) is 0 Å². The highest BCUT2D eigenvalue weighted by molar-refractivity contribution is 6.30. The van der Waals surface area contributed by atoms with Crippen molar-refractivity contribution in [2.24, 2.45) is 5.92 Å². The van der Waals surface area contributed by atoms with Crippen molar-refractivity contribution < 1.29 is 19.1 Å². The van der Waals surface area contributed by atoms with E-state index in [0.717, 1.165) is 22.3 Å². The van der Waals surface area contributed by atoms with Gasteiger partial charge >= 0.3 is 0 Å². The number of halogens is 1. The Balaban J connectivity index is 1.40. The lowest BCUT2D eigenvalue weighted by Gasteiger charge is -2.46. The Labute approximate surface area is 193 Å². The van der Waals surface area contributed by atoms with E-state index in [1.54, 1.807) is 0 Å². The lowest BCUT2D eigenvalue weighted by Crippen LogP contribution is -2.56. The zero-order chi connectivity index (χ0) is 22.5. The summed E-state index contributed by atoms with van der Waals surface area (Å²) in [6, 6.07) is 13.5. The first kappa shape index (κ1) is 21.6. The van der Waals surface area contributed by atoms with E-state index in [9.17, 15) is 9.59 Å². The third kappa shape index (κ3) is 3.66. The van der Waals surface area contributed by atoms with E-state index in [-0.39, 0.29) is 11.7 Å². The number of benzene rings is 2. The van der Waals surface area contributed by atoms with Gasteiger partial charge in [0, 0.05) is 23.8 Å². The van der Waals surface area contributed by atoms with Crippen LogP contribution >= 0.6 is 11.6 Å².